The minimum absolute atomic E-state index is 0.0951. The van der Waals surface area contributed by atoms with Crippen LogP contribution in [0.15, 0.2) is 34.5 Å². The first kappa shape index (κ1) is 20.5. The highest BCUT2D eigenvalue weighted by molar-refractivity contribution is 7.91. The Kier molecular flexibility index (Phi) is 6.87. The van der Waals surface area contributed by atoms with Gasteiger partial charge in [0.05, 0.1) is 25.1 Å². The fourth-order valence-electron chi connectivity index (χ4n) is 2.12. The lowest BCUT2D eigenvalue weighted by molar-refractivity contribution is -0.121. The molecule has 2 rings (SSSR count). The predicted molar refractivity (Wildman–Crippen MR) is 101 cm³/mol. The molecule has 0 atom stereocenters. The normalized spacial score (nSPS) is 11.4. The monoisotopic (exact) mass is 418 g/mol. The predicted octanol–water partition coefficient (Wildman–Crippen LogP) is 2.36. The molecule has 0 bridgehead atoms. The van der Waals surface area contributed by atoms with E-state index >= 15 is 0 Å². The maximum atomic E-state index is 12.4. The molecule has 0 aliphatic carbocycles. The Labute approximate surface area is 161 Å². The molecule has 0 aliphatic rings. The standard InChI is InChI=1S/C16H19ClN2O5S2/c1-19(26(21,22)16-7-6-14(17)25-16)10-15(20)18-9-11-4-5-12(23-2)13(8-11)24-3/h4-8H,9-10H2,1-3H3,(H,18,20). The molecule has 1 N–H and O–H groups in total. The lowest BCUT2D eigenvalue weighted by Crippen LogP contribution is -2.37. The second-order valence-electron chi connectivity index (χ2n) is 5.29. The van der Waals surface area contributed by atoms with Gasteiger partial charge in [0.2, 0.25) is 5.91 Å². The first-order valence-electron chi connectivity index (χ1n) is 7.47. The molecule has 0 radical (unpaired) electrons. The van der Waals surface area contributed by atoms with Gasteiger partial charge < -0.3 is 14.8 Å². The van der Waals surface area contributed by atoms with E-state index in [9.17, 15) is 13.2 Å². The molecule has 0 fully saturated rings. The first-order chi connectivity index (χ1) is 12.3. The number of nitrogens with zero attached hydrogens (tertiary/aromatic N) is 1. The van der Waals surface area contributed by atoms with Crippen LogP contribution in [0.25, 0.3) is 0 Å². The number of carbonyl (C=O) groups excluding carboxylic acids is 1. The van der Waals surface area contributed by atoms with Crippen LogP contribution in [0.5, 0.6) is 11.5 Å². The highest BCUT2D eigenvalue weighted by Crippen LogP contribution is 2.28. The van der Waals surface area contributed by atoms with Gasteiger partial charge in [0, 0.05) is 13.6 Å². The number of halogens is 1. The molecule has 2 aromatic rings. The van der Waals surface area contributed by atoms with Gasteiger partial charge in [-0.3, -0.25) is 4.79 Å². The van der Waals surface area contributed by atoms with Crippen molar-refractivity contribution in [3.63, 3.8) is 0 Å². The van der Waals surface area contributed by atoms with Crippen molar-refractivity contribution in [3.8, 4) is 11.5 Å². The smallest absolute Gasteiger partial charge is 0.252 e. The van der Waals surface area contributed by atoms with Crippen LogP contribution in [0.3, 0.4) is 0 Å². The number of hydrogen-bond donors (Lipinski definition) is 1. The van der Waals surface area contributed by atoms with Crippen molar-refractivity contribution in [2.45, 2.75) is 10.8 Å². The molecule has 1 heterocycles. The third-order valence-corrected chi connectivity index (χ3v) is 7.02. The molecular weight excluding hydrogens is 400 g/mol. The number of rotatable bonds is 8. The topological polar surface area (TPSA) is 84.9 Å². The van der Waals surface area contributed by atoms with Crippen LogP contribution < -0.4 is 14.8 Å². The van der Waals surface area contributed by atoms with E-state index in [0.29, 0.717) is 15.8 Å². The lowest BCUT2D eigenvalue weighted by Gasteiger charge is -2.16. The third kappa shape index (κ3) is 4.88. The van der Waals surface area contributed by atoms with E-state index < -0.39 is 15.9 Å². The van der Waals surface area contributed by atoms with Gasteiger partial charge in [-0.15, -0.1) is 11.3 Å². The second kappa shape index (κ2) is 8.72. The van der Waals surface area contributed by atoms with Gasteiger partial charge in [-0.1, -0.05) is 17.7 Å². The molecule has 7 nitrogen and oxygen atoms in total. The van der Waals surface area contributed by atoms with Gasteiger partial charge >= 0.3 is 0 Å². The van der Waals surface area contributed by atoms with Gasteiger partial charge in [-0.05, 0) is 29.8 Å². The summed E-state index contributed by atoms with van der Waals surface area (Å²) in [5.74, 6) is 0.713. The van der Waals surface area contributed by atoms with Crippen molar-refractivity contribution in [1.29, 1.82) is 0 Å². The quantitative estimate of drug-likeness (QED) is 0.711. The van der Waals surface area contributed by atoms with Crippen LogP contribution in [0.4, 0.5) is 0 Å². The van der Waals surface area contributed by atoms with Gasteiger partial charge in [-0.25, -0.2) is 8.42 Å². The van der Waals surface area contributed by atoms with Crippen molar-refractivity contribution in [3.05, 3.63) is 40.2 Å². The van der Waals surface area contributed by atoms with Gasteiger partial charge in [0.1, 0.15) is 4.21 Å². The molecule has 142 valence electrons. The SMILES string of the molecule is COc1ccc(CNC(=O)CN(C)S(=O)(=O)c2ccc(Cl)s2)cc1OC. The average Bonchev–Trinajstić information content (AvgIpc) is 3.06. The van der Waals surface area contributed by atoms with Gasteiger partial charge in [0.15, 0.2) is 11.5 Å². The number of amides is 1. The first-order valence-corrected chi connectivity index (χ1v) is 10.1. The number of methoxy groups -OCH3 is 2. The van der Waals surface area contributed by atoms with Gasteiger partial charge in [-0.2, -0.15) is 4.31 Å². The number of benzene rings is 1. The zero-order valence-corrected chi connectivity index (χ0v) is 16.9. The van der Waals surface area contributed by atoms with Crippen LogP contribution >= 0.6 is 22.9 Å². The summed E-state index contributed by atoms with van der Waals surface area (Å²) in [5.41, 5.74) is 0.798. The number of thiophene rings is 1. The number of sulfonamides is 1. The van der Waals surface area contributed by atoms with Crippen molar-refractivity contribution < 1.29 is 22.7 Å². The molecule has 0 saturated carbocycles. The Morgan fingerprint density at radius 2 is 1.88 bits per heavy atom. The summed E-state index contributed by atoms with van der Waals surface area (Å²) in [6.45, 7) is -0.0664. The molecule has 10 heteroatoms. The molecule has 1 amide bonds. The fourth-order valence-corrected chi connectivity index (χ4v) is 4.94. The van der Waals surface area contributed by atoms with E-state index in [1.165, 1.54) is 33.4 Å². The summed E-state index contributed by atoms with van der Waals surface area (Å²) in [4.78, 5) is 12.1. The summed E-state index contributed by atoms with van der Waals surface area (Å²) < 4.78 is 36.6. The van der Waals surface area contributed by atoms with Crippen molar-refractivity contribution in [2.75, 3.05) is 27.8 Å². The Morgan fingerprint density at radius 3 is 2.46 bits per heavy atom. The van der Waals surface area contributed by atoms with Crippen LogP contribution in [0, 0.1) is 0 Å². The summed E-state index contributed by atoms with van der Waals surface area (Å²) in [5, 5.41) is 2.68. The molecular formula is C16H19ClN2O5S2. The molecule has 1 aromatic heterocycles. The Hall–Kier alpha value is -1.81. The van der Waals surface area contributed by atoms with Crippen molar-refractivity contribution in [2.24, 2.45) is 0 Å². The van der Waals surface area contributed by atoms with Crippen molar-refractivity contribution >= 4 is 38.9 Å². The number of ether oxygens (including phenoxy) is 2. The second-order valence-corrected chi connectivity index (χ2v) is 9.27. The third-order valence-electron chi connectivity index (χ3n) is 3.52. The van der Waals surface area contributed by atoms with E-state index in [0.717, 1.165) is 21.2 Å². The fraction of sp³-hybridized carbons (Fsp3) is 0.312. The molecule has 0 saturated heterocycles. The van der Waals surface area contributed by atoms with E-state index in [-0.39, 0.29) is 17.3 Å². The zero-order chi connectivity index (χ0) is 19.3. The molecule has 1 aromatic carbocycles. The summed E-state index contributed by atoms with van der Waals surface area (Å²) in [6, 6.07) is 8.19. The largest absolute Gasteiger partial charge is 0.493 e. The van der Waals surface area contributed by atoms with E-state index in [1.54, 1.807) is 18.2 Å². The Balaban J connectivity index is 1.96. The van der Waals surface area contributed by atoms with Crippen LogP contribution in [-0.4, -0.2) is 46.4 Å². The lowest BCUT2D eigenvalue weighted by atomic mass is 10.2. The summed E-state index contributed by atoms with van der Waals surface area (Å²) in [7, 11) is 0.663. The van der Waals surface area contributed by atoms with E-state index in [1.807, 2.05) is 0 Å². The maximum Gasteiger partial charge on any atom is 0.252 e. The van der Waals surface area contributed by atoms with E-state index in [2.05, 4.69) is 5.32 Å². The van der Waals surface area contributed by atoms with Crippen LogP contribution in [0.1, 0.15) is 5.56 Å². The molecule has 0 unspecified atom stereocenters. The molecule has 26 heavy (non-hydrogen) atoms. The minimum atomic E-state index is -3.75. The minimum Gasteiger partial charge on any atom is -0.493 e. The maximum absolute atomic E-state index is 12.4. The molecule has 0 aliphatic heterocycles. The number of nitrogens with one attached hydrogen (secondary N) is 1. The number of carbonyl (C=O) groups is 1. The number of likely N-dealkylation sites (N-methyl/N-ethyl adjacent to an activating group) is 1. The Bertz CT molecular complexity index is 883. The van der Waals surface area contributed by atoms with Crippen LogP contribution in [0.2, 0.25) is 4.34 Å². The van der Waals surface area contributed by atoms with Crippen LogP contribution in [-0.2, 0) is 21.4 Å². The molecule has 0 spiro atoms. The summed E-state index contributed by atoms with van der Waals surface area (Å²) in [6.07, 6.45) is 0. The summed E-state index contributed by atoms with van der Waals surface area (Å²) >= 11 is 6.72. The highest BCUT2D eigenvalue weighted by atomic mass is 35.5. The van der Waals surface area contributed by atoms with E-state index in [4.69, 9.17) is 21.1 Å². The Morgan fingerprint density at radius 1 is 1.19 bits per heavy atom. The average molecular weight is 419 g/mol. The highest BCUT2D eigenvalue weighted by Gasteiger charge is 2.24. The number of hydrogen-bond acceptors (Lipinski definition) is 6. The zero-order valence-electron chi connectivity index (χ0n) is 14.5. The van der Waals surface area contributed by atoms with Gasteiger partial charge in [0.25, 0.3) is 10.0 Å². The van der Waals surface area contributed by atoms with Crippen molar-refractivity contribution in [1.82, 2.24) is 9.62 Å².